The lowest BCUT2D eigenvalue weighted by molar-refractivity contribution is -0.143. The maximum Gasteiger partial charge on any atom is 0.412 e. The van der Waals surface area contributed by atoms with Gasteiger partial charge in [0.2, 0.25) is 0 Å². The van der Waals surface area contributed by atoms with Crippen LogP contribution in [0.5, 0.6) is 0 Å². The Kier molecular flexibility index (Phi) is 8.11. The highest BCUT2D eigenvalue weighted by atomic mass is 16.5. The summed E-state index contributed by atoms with van der Waals surface area (Å²) in [6, 6.07) is 24.0. The number of nitrogens with zero attached hydrogens (tertiary/aromatic N) is 2. The Balaban J connectivity index is 1.23. The first-order valence-electron chi connectivity index (χ1n) is 13.2. The van der Waals surface area contributed by atoms with Gasteiger partial charge in [-0.2, -0.15) is 5.10 Å². The third-order valence-corrected chi connectivity index (χ3v) is 7.13. The highest BCUT2D eigenvalue weighted by Crippen LogP contribution is 2.44. The van der Waals surface area contributed by atoms with E-state index in [1.54, 1.807) is 14.0 Å². The third kappa shape index (κ3) is 5.97. The monoisotopic (exact) mass is 554 g/mol. The molecule has 0 spiro atoms. The number of carbonyl (C=O) groups excluding carboxylic acids is 2. The predicted octanol–water partition coefficient (Wildman–Crippen LogP) is 4.57. The Morgan fingerprint density at radius 1 is 0.951 bits per heavy atom. The fraction of sp³-hybridized carbons (Fsp3) is 0.226. The summed E-state index contributed by atoms with van der Waals surface area (Å²) in [4.78, 5) is 37.9. The van der Waals surface area contributed by atoms with Crippen LogP contribution in [0.1, 0.15) is 39.9 Å². The molecule has 0 radical (unpaired) electrons. The van der Waals surface area contributed by atoms with Gasteiger partial charge in [0, 0.05) is 13.0 Å². The molecule has 3 N–H and O–H groups in total. The maximum absolute atomic E-state index is 13.1. The van der Waals surface area contributed by atoms with Crippen LogP contribution in [0, 0.1) is 0 Å². The van der Waals surface area contributed by atoms with Crippen molar-refractivity contribution in [2.75, 3.05) is 11.9 Å². The lowest BCUT2D eigenvalue weighted by atomic mass is 9.98. The van der Waals surface area contributed by atoms with E-state index in [-0.39, 0.29) is 30.5 Å². The number of aliphatic carboxylic acids is 1. The molecule has 0 unspecified atom stereocenters. The summed E-state index contributed by atoms with van der Waals surface area (Å²) < 4.78 is 12.6. The zero-order chi connectivity index (χ0) is 28.9. The molecule has 10 heteroatoms. The number of rotatable bonds is 10. The van der Waals surface area contributed by atoms with E-state index in [1.165, 1.54) is 10.9 Å². The van der Waals surface area contributed by atoms with E-state index in [0.717, 1.165) is 27.8 Å². The van der Waals surface area contributed by atoms with Gasteiger partial charge in [-0.15, -0.1) is 0 Å². The molecule has 0 saturated carbocycles. The van der Waals surface area contributed by atoms with Gasteiger partial charge in [-0.05, 0) is 34.7 Å². The van der Waals surface area contributed by atoms with Gasteiger partial charge in [-0.25, -0.2) is 9.59 Å². The van der Waals surface area contributed by atoms with Crippen molar-refractivity contribution >= 4 is 23.8 Å². The molecule has 4 aromatic rings. The minimum atomic E-state index is -1.34. The summed E-state index contributed by atoms with van der Waals surface area (Å²) in [7, 11) is 1.55. The van der Waals surface area contributed by atoms with E-state index in [9.17, 15) is 19.5 Å². The van der Waals surface area contributed by atoms with Gasteiger partial charge in [-0.3, -0.25) is 14.8 Å². The molecule has 0 saturated heterocycles. The molecule has 1 aromatic heterocycles. The number of ether oxygens (including phenoxy) is 2. The Morgan fingerprint density at radius 2 is 1.56 bits per heavy atom. The maximum atomic E-state index is 13.1. The molecule has 10 nitrogen and oxygen atoms in total. The van der Waals surface area contributed by atoms with Gasteiger partial charge in [0.25, 0.3) is 5.91 Å². The van der Waals surface area contributed by atoms with Gasteiger partial charge in [0.1, 0.15) is 18.0 Å². The van der Waals surface area contributed by atoms with E-state index in [0.29, 0.717) is 0 Å². The SMILES string of the molecule is C[C@H](OCc1ccccc1)[C@@H](NC(=O)c1cnn(C)c1NC(=O)OCC1c2ccccc2-c2ccccc21)C(=O)O. The summed E-state index contributed by atoms with van der Waals surface area (Å²) in [5, 5.41) is 18.9. The number of nitrogens with one attached hydrogen (secondary N) is 2. The fourth-order valence-corrected chi connectivity index (χ4v) is 4.98. The average Bonchev–Trinajstić information content (AvgIpc) is 3.51. The zero-order valence-corrected chi connectivity index (χ0v) is 22.6. The first-order chi connectivity index (χ1) is 19.8. The van der Waals surface area contributed by atoms with Crippen molar-refractivity contribution in [3.8, 4) is 11.1 Å². The highest BCUT2D eigenvalue weighted by molar-refractivity contribution is 6.03. The van der Waals surface area contributed by atoms with Crippen LogP contribution in [0.3, 0.4) is 0 Å². The molecule has 41 heavy (non-hydrogen) atoms. The van der Waals surface area contributed by atoms with Crippen molar-refractivity contribution in [3.05, 3.63) is 107 Å². The quantitative estimate of drug-likeness (QED) is 0.262. The van der Waals surface area contributed by atoms with Crippen LogP contribution in [-0.4, -0.2) is 51.6 Å². The van der Waals surface area contributed by atoms with Crippen molar-refractivity contribution in [3.63, 3.8) is 0 Å². The van der Waals surface area contributed by atoms with Crippen molar-refractivity contribution in [1.82, 2.24) is 15.1 Å². The van der Waals surface area contributed by atoms with Crippen LogP contribution < -0.4 is 10.6 Å². The molecule has 5 rings (SSSR count). The minimum absolute atomic E-state index is 0.0116. The zero-order valence-electron chi connectivity index (χ0n) is 22.6. The summed E-state index contributed by atoms with van der Waals surface area (Å²) in [6.45, 7) is 1.85. The average molecular weight is 555 g/mol. The lowest BCUT2D eigenvalue weighted by Gasteiger charge is -2.22. The van der Waals surface area contributed by atoms with Crippen molar-refractivity contribution in [1.29, 1.82) is 0 Å². The van der Waals surface area contributed by atoms with Crippen LogP contribution in [0.2, 0.25) is 0 Å². The minimum Gasteiger partial charge on any atom is -0.480 e. The highest BCUT2D eigenvalue weighted by Gasteiger charge is 2.31. The number of carbonyl (C=O) groups is 3. The largest absolute Gasteiger partial charge is 0.480 e. The molecule has 1 aliphatic rings. The van der Waals surface area contributed by atoms with Crippen LogP contribution in [0.15, 0.2) is 85.1 Å². The second-order valence-electron chi connectivity index (χ2n) is 9.77. The van der Waals surface area contributed by atoms with Gasteiger partial charge in [-0.1, -0.05) is 78.9 Å². The summed E-state index contributed by atoms with van der Waals surface area (Å²) >= 11 is 0. The number of amides is 2. The molecular weight excluding hydrogens is 524 g/mol. The standard InChI is InChI=1S/C31H30N4O6/c1-19(40-17-20-10-4-3-5-11-20)27(30(37)38)33-29(36)25-16-32-35(2)28(25)34-31(39)41-18-26-23-14-8-6-12-21(23)22-13-7-9-15-24(22)26/h3-16,19,26-27H,17-18H2,1-2H3,(H,33,36)(H,34,39)(H,37,38)/t19-,27+/m0/s1. The molecule has 0 fully saturated rings. The number of benzene rings is 3. The third-order valence-electron chi connectivity index (χ3n) is 7.13. The van der Waals surface area contributed by atoms with Gasteiger partial charge in [0.05, 0.1) is 18.9 Å². The molecule has 1 aliphatic carbocycles. The second-order valence-corrected chi connectivity index (χ2v) is 9.77. The lowest BCUT2D eigenvalue weighted by Crippen LogP contribution is -2.48. The number of anilines is 1. The van der Waals surface area contributed by atoms with E-state index in [2.05, 4.69) is 15.7 Å². The molecule has 210 valence electrons. The van der Waals surface area contributed by atoms with E-state index in [1.807, 2.05) is 78.9 Å². The van der Waals surface area contributed by atoms with Gasteiger partial charge >= 0.3 is 12.1 Å². The summed E-state index contributed by atoms with van der Waals surface area (Å²) in [6.07, 6.45) is -0.353. The molecule has 2 amide bonds. The van der Waals surface area contributed by atoms with Crippen molar-refractivity contribution in [2.24, 2.45) is 7.05 Å². The van der Waals surface area contributed by atoms with Crippen LogP contribution >= 0.6 is 0 Å². The second kappa shape index (κ2) is 12.1. The topological polar surface area (TPSA) is 132 Å². The number of aryl methyl sites for hydroxylation is 1. The van der Waals surface area contributed by atoms with Gasteiger partial charge in [0.15, 0.2) is 6.04 Å². The molecule has 0 bridgehead atoms. The molecule has 3 aromatic carbocycles. The first-order valence-corrected chi connectivity index (χ1v) is 13.2. The predicted molar refractivity (Wildman–Crippen MR) is 151 cm³/mol. The molecular formula is C31H30N4O6. The first kappa shape index (κ1) is 27.6. The number of carboxylic acids is 1. The van der Waals surface area contributed by atoms with E-state index < -0.39 is 30.1 Å². The van der Waals surface area contributed by atoms with Crippen molar-refractivity contribution in [2.45, 2.75) is 31.6 Å². The Morgan fingerprint density at radius 3 is 2.20 bits per heavy atom. The number of hydrogen-bond donors (Lipinski definition) is 3. The summed E-state index contributed by atoms with van der Waals surface area (Å²) in [5.41, 5.74) is 5.23. The van der Waals surface area contributed by atoms with Gasteiger partial charge < -0.3 is 19.9 Å². The number of fused-ring (bicyclic) bond motifs is 3. The Bertz CT molecular complexity index is 1520. The van der Waals surface area contributed by atoms with E-state index >= 15 is 0 Å². The number of aromatic nitrogens is 2. The molecule has 0 aliphatic heterocycles. The molecule has 2 atom stereocenters. The molecule has 1 heterocycles. The van der Waals surface area contributed by atoms with Crippen molar-refractivity contribution < 1.29 is 29.0 Å². The van der Waals surface area contributed by atoms with Crippen LogP contribution in [0.4, 0.5) is 10.6 Å². The van der Waals surface area contributed by atoms with Crippen LogP contribution in [-0.2, 0) is 27.9 Å². The summed E-state index contributed by atoms with van der Waals surface area (Å²) in [5.74, 6) is -2.04. The van der Waals surface area contributed by atoms with E-state index in [4.69, 9.17) is 9.47 Å². The number of hydrogen-bond acceptors (Lipinski definition) is 6. The normalized spacial score (nSPS) is 13.5. The number of carboxylic acid groups (broad SMARTS) is 1. The Labute approximate surface area is 236 Å². The fourth-order valence-electron chi connectivity index (χ4n) is 4.98. The van der Waals surface area contributed by atoms with Crippen LogP contribution in [0.25, 0.3) is 11.1 Å². The Hall–Kier alpha value is -4.96. The smallest absolute Gasteiger partial charge is 0.412 e.